The molecular formula is C11H10O2. The van der Waals surface area contributed by atoms with Gasteiger partial charge < -0.3 is 4.42 Å². The van der Waals surface area contributed by atoms with Gasteiger partial charge in [-0.1, -0.05) is 18.2 Å². The van der Waals surface area contributed by atoms with E-state index in [0.29, 0.717) is 11.1 Å². The fourth-order valence-corrected chi connectivity index (χ4v) is 1.45. The van der Waals surface area contributed by atoms with E-state index in [0.717, 1.165) is 10.9 Å². The van der Waals surface area contributed by atoms with Crippen molar-refractivity contribution >= 4 is 10.8 Å². The fraction of sp³-hybridized carbons (Fsp3) is 0.182. The van der Waals surface area contributed by atoms with Crippen LogP contribution in [0, 0.1) is 13.8 Å². The van der Waals surface area contributed by atoms with Crippen LogP contribution in [-0.4, -0.2) is 0 Å². The van der Waals surface area contributed by atoms with Gasteiger partial charge in [0.2, 0.25) is 0 Å². The van der Waals surface area contributed by atoms with Crippen molar-refractivity contribution in [1.29, 1.82) is 0 Å². The third-order valence-corrected chi connectivity index (χ3v) is 2.32. The van der Waals surface area contributed by atoms with Crippen molar-refractivity contribution in [2.45, 2.75) is 13.8 Å². The standard InChI is InChI=1S/C11H10O2/c1-7-8(2)13-11(12)10-6-4-3-5-9(7)10/h3-6H,1-2H3. The van der Waals surface area contributed by atoms with Gasteiger partial charge in [0.25, 0.3) is 0 Å². The quantitative estimate of drug-likeness (QED) is 0.614. The van der Waals surface area contributed by atoms with Crippen molar-refractivity contribution in [3.05, 3.63) is 46.0 Å². The van der Waals surface area contributed by atoms with Gasteiger partial charge in [0.15, 0.2) is 0 Å². The van der Waals surface area contributed by atoms with Crippen LogP contribution in [0.25, 0.3) is 10.8 Å². The second-order valence-corrected chi connectivity index (χ2v) is 3.12. The maximum Gasteiger partial charge on any atom is 0.343 e. The Morgan fingerprint density at radius 1 is 1.08 bits per heavy atom. The molecule has 2 heteroatoms. The summed E-state index contributed by atoms with van der Waals surface area (Å²) in [6, 6.07) is 7.49. The lowest BCUT2D eigenvalue weighted by Gasteiger charge is -2.02. The minimum Gasteiger partial charge on any atom is -0.427 e. The number of hydrogen-bond acceptors (Lipinski definition) is 2. The average molecular weight is 174 g/mol. The molecule has 0 unspecified atom stereocenters. The van der Waals surface area contributed by atoms with E-state index in [1.165, 1.54) is 0 Å². The molecular weight excluding hydrogens is 164 g/mol. The number of fused-ring (bicyclic) bond motifs is 1. The van der Waals surface area contributed by atoms with Gasteiger partial charge in [0.05, 0.1) is 5.39 Å². The van der Waals surface area contributed by atoms with Gasteiger partial charge in [-0.25, -0.2) is 4.79 Å². The smallest absolute Gasteiger partial charge is 0.343 e. The first-order chi connectivity index (χ1) is 6.20. The van der Waals surface area contributed by atoms with E-state index in [9.17, 15) is 4.79 Å². The predicted octanol–water partition coefficient (Wildman–Crippen LogP) is 2.41. The summed E-state index contributed by atoms with van der Waals surface area (Å²) < 4.78 is 5.07. The maximum atomic E-state index is 11.4. The summed E-state index contributed by atoms with van der Waals surface area (Å²) in [5.41, 5.74) is 0.786. The number of benzene rings is 1. The Labute approximate surface area is 75.8 Å². The van der Waals surface area contributed by atoms with Crippen LogP contribution in [0.3, 0.4) is 0 Å². The minimum atomic E-state index is -0.251. The Kier molecular flexibility index (Phi) is 1.69. The summed E-state index contributed by atoms with van der Waals surface area (Å²) in [7, 11) is 0. The van der Waals surface area contributed by atoms with Crippen LogP contribution in [0.5, 0.6) is 0 Å². The third kappa shape index (κ3) is 1.15. The first-order valence-corrected chi connectivity index (χ1v) is 4.19. The average Bonchev–Trinajstić information content (AvgIpc) is 2.15. The summed E-state index contributed by atoms with van der Waals surface area (Å²) >= 11 is 0. The maximum absolute atomic E-state index is 11.4. The van der Waals surface area contributed by atoms with Gasteiger partial charge in [-0.3, -0.25) is 0 Å². The Bertz CT molecular complexity index is 509. The molecule has 0 radical (unpaired) electrons. The molecule has 0 saturated heterocycles. The molecule has 1 aromatic heterocycles. The molecule has 0 aliphatic rings. The van der Waals surface area contributed by atoms with E-state index >= 15 is 0 Å². The van der Waals surface area contributed by atoms with Gasteiger partial charge in [0, 0.05) is 0 Å². The highest BCUT2D eigenvalue weighted by Crippen LogP contribution is 2.17. The summed E-state index contributed by atoms with van der Waals surface area (Å²) in [4.78, 5) is 11.4. The second kappa shape index (κ2) is 2.73. The van der Waals surface area contributed by atoms with Gasteiger partial charge >= 0.3 is 5.63 Å². The molecule has 1 aromatic carbocycles. The summed E-state index contributed by atoms with van der Waals surface area (Å²) in [6.07, 6.45) is 0. The van der Waals surface area contributed by atoms with Crippen LogP contribution in [0.15, 0.2) is 33.5 Å². The third-order valence-electron chi connectivity index (χ3n) is 2.32. The lowest BCUT2D eigenvalue weighted by atomic mass is 10.1. The van der Waals surface area contributed by atoms with Gasteiger partial charge in [-0.15, -0.1) is 0 Å². The largest absolute Gasteiger partial charge is 0.427 e. The summed E-state index contributed by atoms with van der Waals surface area (Å²) in [5, 5.41) is 1.64. The second-order valence-electron chi connectivity index (χ2n) is 3.12. The topological polar surface area (TPSA) is 30.2 Å². The molecule has 0 atom stereocenters. The van der Waals surface area contributed by atoms with E-state index in [1.54, 1.807) is 6.07 Å². The van der Waals surface area contributed by atoms with Crippen molar-refractivity contribution in [3.63, 3.8) is 0 Å². The Hall–Kier alpha value is -1.57. The van der Waals surface area contributed by atoms with Crippen LogP contribution in [0.4, 0.5) is 0 Å². The molecule has 0 amide bonds. The molecule has 2 aromatic rings. The van der Waals surface area contributed by atoms with Crippen LogP contribution >= 0.6 is 0 Å². The molecule has 0 saturated carbocycles. The monoisotopic (exact) mass is 174 g/mol. The van der Waals surface area contributed by atoms with Crippen LogP contribution in [0.1, 0.15) is 11.3 Å². The lowest BCUT2D eigenvalue weighted by Crippen LogP contribution is -2.02. The highest BCUT2D eigenvalue weighted by molar-refractivity contribution is 5.84. The zero-order valence-corrected chi connectivity index (χ0v) is 7.63. The SMILES string of the molecule is Cc1oc(=O)c2ccccc2c1C. The van der Waals surface area contributed by atoms with Crippen molar-refractivity contribution in [2.24, 2.45) is 0 Å². The molecule has 2 rings (SSSR count). The van der Waals surface area contributed by atoms with Crippen LogP contribution < -0.4 is 5.63 Å². The summed E-state index contributed by atoms with van der Waals surface area (Å²) in [6.45, 7) is 3.77. The first kappa shape index (κ1) is 8.05. The molecule has 1 heterocycles. The van der Waals surface area contributed by atoms with E-state index in [4.69, 9.17) is 4.42 Å². The first-order valence-electron chi connectivity index (χ1n) is 4.19. The van der Waals surface area contributed by atoms with Crippen molar-refractivity contribution in [3.8, 4) is 0 Å². The van der Waals surface area contributed by atoms with Gasteiger partial charge in [-0.05, 0) is 30.9 Å². The highest BCUT2D eigenvalue weighted by Gasteiger charge is 2.05. The molecule has 0 aliphatic heterocycles. The van der Waals surface area contributed by atoms with Crippen LogP contribution in [-0.2, 0) is 0 Å². The molecule has 0 fully saturated rings. The minimum absolute atomic E-state index is 0.251. The number of rotatable bonds is 0. The highest BCUT2D eigenvalue weighted by atomic mass is 16.4. The number of aryl methyl sites for hydroxylation is 2. The predicted molar refractivity (Wildman–Crippen MR) is 52.0 cm³/mol. The Morgan fingerprint density at radius 2 is 1.69 bits per heavy atom. The van der Waals surface area contributed by atoms with Crippen LogP contribution in [0.2, 0.25) is 0 Å². The normalized spacial score (nSPS) is 10.6. The molecule has 66 valence electrons. The molecule has 2 nitrogen and oxygen atoms in total. The van der Waals surface area contributed by atoms with Crippen molar-refractivity contribution in [1.82, 2.24) is 0 Å². The van der Waals surface area contributed by atoms with Crippen molar-refractivity contribution < 1.29 is 4.42 Å². The Balaban J connectivity index is 3.06. The van der Waals surface area contributed by atoms with Gasteiger partial charge in [0.1, 0.15) is 5.76 Å². The fourth-order valence-electron chi connectivity index (χ4n) is 1.45. The lowest BCUT2D eigenvalue weighted by molar-refractivity contribution is 0.484. The number of hydrogen-bond donors (Lipinski definition) is 0. The van der Waals surface area contributed by atoms with Crippen molar-refractivity contribution in [2.75, 3.05) is 0 Å². The van der Waals surface area contributed by atoms with E-state index in [-0.39, 0.29) is 5.63 Å². The Morgan fingerprint density at radius 3 is 2.38 bits per heavy atom. The summed E-state index contributed by atoms with van der Waals surface area (Å²) in [5.74, 6) is 0.698. The van der Waals surface area contributed by atoms with E-state index < -0.39 is 0 Å². The van der Waals surface area contributed by atoms with E-state index in [2.05, 4.69) is 0 Å². The van der Waals surface area contributed by atoms with Gasteiger partial charge in [-0.2, -0.15) is 0 Å². The zero-order valence-electron chi connectivity index (χ0n) is 7.63. The van der Waals surface area contributed by atoms with E-state index in [1.807, 2.05) is 32.0 Å². The molecule has 0 spiro atoms. The molecule has 0 aliphatic carbocycles. The molecule has 0 N–H and O–H groups in total. The zero-order chi connectivity index (χ0) is 9.42. The molecule has 13 heavy (non-hydrogen) atoms. The molecule has 0 bridgehead atoms.